The van der Waals surface area contributed by atoms with Gasteiger partial charge in [0.2, 0.25) is 10.1 Å². The number of rotatable bonds is 2. The third-order valence-electron chi connectivity index (χ3n) is 5.84. The van der Waals surface area contributed by atoms with Gasteiger partial charge in [-0.25, -0.2) is 9.50 Å². The molecule has 1 saturated carbocycles. The second-order valence-electron chi connectivity index (χ2n) is 7.14. The summed E-state index contributed by atoms with van der Waals surface area (Å²) in [5.74, 6) is 0.776. The van der Waals surface area contributed by atoms with Crippen LogP contribution in [0.4, 0.5) is 5.13 Å². The molecular weight excluding hydrogens is 294 g/mol. The number of nitrogens with zero attached hydrogens (tertiary/aromatic N) is 4. The first-order valence-corrected chi connectivity index (χ1v) is 9.27. The second-order valence-corrected chi connectivity index (χ2v) is 8.08. The fourth-order valence-corrected chi connectivity index (χ4v) is 5.09. The number of aryl methyl sites for hydroxylation is 1. The predicted octanol–water partition coefficient (Wildman–Crippen LogP) is 2.83. The Labute approximate surface area is 135 Å². The maximum Gasteiger partial charge on any atom is 0.214 e. The third-order valence-corrected chi connectivity index (χ3v) is 6.82. The van der Waals surface area contributed by atoms with Crippen LogP contribution in [0.2, 0.25) is 0 Å². The lowest BCUT2D eigenvalue weighted by Crippen LogP contribution is -2.42. The highest BCUT2D eigenvalue weighted by Gasteiger charge is 2.38. The molecule has 0 bridgehead atoms. The minimum Gasteiger partial charge on any atom is -0.347 e. The van der Waals surface area contributed by atoms with Crippen LogP contribution in [0.3, 0.4) is 0 Å². The van der Waals surface area contributed by atoms with Crippen molar-refractivity contribution in [1.82, 2.24) is 14.6 Å². The van der Waals surface area contributed by atoms with Gasteiger partial charge in [-0.15, -0.1) is 5.10 Å². The van der Waals surface area contributed by atoms with E-state index < -0.39 is 0 Å². The summed E-state index contributed by atoms with van der Waals surface area (Å²) in [6.07, 6.45) is 9.94. The zero-order chi connectivity index (χ0) is 15.2. The van der Waals surface area contributed by atoms with Crippen LogP contribution in [0.1, 0.15) is 44.2 Å². The van der Waals surface area contributed by atoms with Crippen LogP contribution in [0, 0.1) is 18.3 Å². The summed E-state index contributed by atoms with van der Waals surface area (Å²) < 4.78 is 1.97. The number of nitrogens with two attached hydrogens (primary N) is 1. The summed E-state index contributed by atoms with van der Waals surface area (Å²) in [5, 5.41) is 5.87. The average molecular weight is 319 g/mol. The largest absolute Gasteiger partial charge is 0.347 e. The second kappa shape index (κ2) is 5.49. The number of hydrogen-bond donors (Lipinski definition) is 1. The number of piperidine rings is 1. The number of imidazole rings is 1. The van der Waals surface area contributed by atoms with E-state index in [-0.39, 0.29) is 0 Å². The smallest absolute Gasteiger partial charge is 0.214 e. The molecule has 22 heavy (non-hydrogen) atoms. The van der Waals surface area contributed by atoms with Gasteiger partial charge in [0.05, 0.1) is 11.9 Å². The highest BCUT2D eigenvalue weighted by atomic mass is 32.1. The number of hydrogen-bond acceptors (Lipinski definition) is 5. The van der Waals surface area contributed by atoms with Crippen LogP contribution in [0.25, 0.3) is 4.96 Å². The van der Waals surface area contributed by atoms with Crippen LogP contribution in [0.15, 0.2) is 6.20 Å². The summed E-state index contributed by atoms with van der Waals surface area (Å²) in [6.45, 7) is 5.22. The molecular formula is C16H25N5S. The Morgan fingerprint density at radius 2 is 2.00 bits per heavy atom. The summed E-state index contributed by atoms with van der Waals surface area (Å²) in [6, 6.07) is 0. The van der Waals surface area contributed by atoms with Gasteiger partial charge in [-0.05, 0) is 63.3 Å². The normalized spacial score (nSPS) is 22.7. The first kappa shape index (κ1) is 14.5. The van der Waals surface area contributed by atoms with Crippen LogP contribution in [-0.2, 0) is 0 Å². The molecule has 1 spiro atoms. The molecule has 5 nitrogen and oxygen atoms in total. The van der Waals surface area contributed by atoms with E-state index in [1.165, 1.54) is 38.5 Å². The van der Waals surface area contributed by atoms with Crippen molar-refractivity contribution in [3.05, 3.63) is 11.9 Å². The molecule has 0 atom stereocenters. The third kappa shape index (κ3) is 2.42. The van der Waals surface area contributed by atoms with E-state index in [1.807, 2.05) is 10.7 Å². The first-order chi connectivity index (χ1) is 10.7. The molecule has 4 rings (SSSR count). The first-order valence-electron chi connectivity index (χ1n) is 8.45. The molecule has 6 heteroatoms. The van der Waals surface area contributed by atoms with E-state index >= 15 is 0 Å². The van der Waals surface area contributed by atoms with E-state index in [4.69, 9.17) is 10.8 Å². The molecule has 2 aromatic rings. The molecule has 1 saturated heterocycles. The SMILES string of the molecule is Cc1cnc2sc(N3CCC4(CCC(CN)CC4)CC3)nn12. The fraction of sp³-hybridized carbons (Fsp3) is 0.750. The van der Waals surface area contributed by atoms with Crippen LogP contribution >= 0.6 is 11.3 Å². The summed E-state index contributed by atoms with van der Waals surface area (Å²) >= 11 is 1.71. The lowest BCUT2D eigenvalue weighted by molar-refractivity contribution is 0.116. The highest BCUT2D eigenvalue weighted by Crippen LogP contribution is 2.46. The molecule has 3 heterocycles. The maximum atomic E-state index is 5.83. The Kier molecular flexibility index (Phi) is 3.61. The Bertz CT molecular complexity index is 643. The topological polar surface area (TPSA) is 59.5 Å². The van der Waals surface area contributed by atoms with Gasteiger partial charge in [0.25, 0.3) is 0 Å². The van der Waals surface area contributed by atoms with Gasteiger partial charge in [0, 0.05) is 13.1 Å². The van der Waals surface area contributed by atoms with Gasteiger partial charge in [-0.2, -0.15) is 0 Å². The Hall–Kier alpha value is -1.14. The molecule has 0 unspecified atom stereocenters. The van der Waals surface area contributed by atoms with E-state index in [0.717, 1.165) is 41.3 Å². The van der Waals surface area contributed by atoms with Crippen molar-refractivity contribution in [1.29, 1.82) is 0 Å². The van der Waals surface area contributed by atoms with Gasteiger partial charge in [-0.3, -0.25) is 0 Å². The van der Waals surface area contributed by atoms with Gasteiger partial charge in [-0.1, -0.05) is 11.3 Å². The number of aromatic nitrogens is 3. The van der Waals surface area contributed by atoms with Gasteiger partial charge in [0.15, 0.2) is 0 Å². The molecule has 2 N–H and O–H groups in total. The Morgan fingerprint density at radius 1 is 1.27 bits per heavy atom. The van der Waals surface area contributed by atoms with Gasteiger partial charge in [0.1, 0.15) is 0 Å². The van der Waals surface area contributed by atoms with Crippen LogP contribution in [-0.4, -0.2) is 34.2 Å². The molecule has 120 valence electrons. The predicted molar refractivity (Wildman–Crippen MR) is 90.5 cm³/mol. The van der Waals surface area contributed by atoms with Gasteiger partial charge < -0.3 is 10.6 Å². The average Bonchev–Trinajstić information content (AvgIpc) is 3.12. The van der Waals surface area contributed by atoms with Crippen LogP contribution in [0.5, 0.6) is 0 Å². The molecule has 2 aliphatic rings. The fourth-order valence-electron chi connectivity index (χ4n) is 4.11. The van der Waals surface area contributed by atoms with Crippen molar-refractivity contribution in [2.24, 2.45) is 17.1 Å². The van der Waals surface area contributed by atoms with Crippen molar-refractivity contribution in [3.8, 4) is 0 Å². The number of anilines is 1. The summed E-state index contributed by atoms with van der Waals surface area (Å²) in [7, 11) is 0. The van der Waals surface area contributed by atoms with Crippen molar-refractivity contribution in [2.75, 3.05) is 24.5 Å². The van der Waals surface area contributed by atoms with Crippen molar-refractivity contribution in [3.63, 3.8) is 0 Å². The molecule has 0 radical (unpaired) electrons. The number of fused-ring (bicyclic) bond motifs is 1. The van der Waals surface area contributed by atoms with E-state index in [0.29, 0.717) is 5.41 Å². The Morgan fingerprint density at radius 3 is 2.64 bits per heavy atom. The lowest BCUT2D eigenvalue weighted by Gasteiger charge is -2.45. The lowest BCUT2D eigenvalue weighted by atomic mass is 9.65. The zero-order valence-corrected chi connectivity index (χ0v) is 14.1. The van der Waals surface area contributed by atoms with Crippen molar-refractivity contribution >= 4 is 21.4 Å². The molecule has 0 amide bonds. The monoisotopic (exact) mass is 319 g/mol. The van der Waals surface area contributed by atoms with E-state index in [1.54, 1.807) is 11.3 Å². The minimum absolute atomic E-state index is 0.593. The zero-order valence-electron chi connectivity index (χ0n) is 13.3. The maximum absolute atomic E-state index is 5.83. The molecule has 1 aliphatic carbocycles. The molecule has 2 aromatic heterocycles. The highest BCUT2D eigenvalue weighted by molar-refractivity contribution is 7.20. The molecule has 0 aromatic carbocycles. The Balaban J connectivity index is 1.43. The van der Waals surface area contributed by atoms with Gasteiger partial charge >= 0.3 is 0 Å². The van der Waals surface area contributed by atoms with Crippen molar-refractivity contribution in [2.45, 2.75) is 45.4 Å². The van der Waals surface area contributed by atoms with Crippen molar-refractivity contribution < 1.29 is 0 Å². The minimum atomic E-state index is 0.593. The molecule has 2 fully saturated rings. The standard InChI is InChI=1S/C16H25N5S/c1-12-11-18-14-21(12)19-15(22-14)20-8-6-16(7-9-20)4-2-13(10-17)3-5-16/h11,13H,2-10,17H2,1H3. The summed E-state index contributed by atoms with van der Waals surface area (Å²) in [4.78, 5) is 7.88. The summed E-state index contributed by atoms with van der Waals surface area (Å²) in [5.41, 5.74) is 7.54. The van der Waals surface area contributed by atoms with E-state index in [2.05, 4.69) is 16.8 Å². The quantitative estimate of drug-likeness (QED) is 0.924. The van der Waals surface area contributed by atoms with E-state index in [9.17, 15) is 0 Å². The van der Waals surface area contributed by atoms with Crippen LogP contribution < -0.4 is 10.6 Å². The molecule has 1 aliphatic heterocycles.